The Morgan fingerprint density at radius 3 is 2.10 bits per heavy atom. The Morgan fingerprint density at radius 1 is 0.927 bits per heavy atom. The number of nitrogens with one attached hydrogen (secondary N) is 2. The van der Waals surface area contributed by atoms with Gasteiger partial charge in [-0.25, -0.2) is 13.2 Å². The maximum Gasteiger partial charge on any atom is 0.341 e. The number of carboxylic acid groups (broad SMARTS) is 2. The monoisotopic (exact) mass is 580 g/mol. The first-order valence-corrected chi connectivity index (χ1v) is 14.0. The summed E-state index contributed by atoms with van der Waals surface area (Å²) in [5.74, 6) is -2.96. The number of benzene rings is 3. The topological polar surface area (TPSA) is 172 Å². The van der Waals surface area contributed by atoms with Gasteiger partial charge in [0, 0.05) is 11.3 Å². The van der Waals surface area contributed by atoms with Gasteiger partial charge in [-0.3, -0.25) is 9.59 Å². The molecular weight excluding hydrogens is 552 g/mol. The second-order valence-electron chi connectivity index (χ2n) is 9.60. The molecule has 41 heavy (non-hydrogen) atoms. The molecule has 0 saturated carbocycles. The van der Waals surface area contributed by atoms with Crippen LogP contribution in [0, 0.1) is 12.8 Å². The molecule has 3 aromatic carbocycles. The Bertz CT molecular complexity index is 1710. The van der Waals surface area contributed by atoms with Crippen molar-refractivity contribution in [2.24, 2.45) is 5.92 Å². The average Bonchev–Trinajstić information content (AvgIpc) is 3.28. The minimum absolute atomic E-state index is 0.0588. The summed E-state index contributed by atoms with van der Waals surface area (Å²) in [6.45, 7) is 4.38. The lowest BCUT2D eigenvalue weighted by Gasteiger charge is -2.18. The van der Waals surface area contributed by atoms with Gasteiger partial charge < -0.3 is 24.7 Å². The fourth-order valence-corrected chi connectivity index (χ4v) is 5.55. The van der Waals surface area contributed by atoms with Crippen molar-refractivity contribution >= 4 is 44.5 Å². The highest BCUT2D eigenvalue weighted by Crippen LogP contribution is 2.33. The van der Waals surface area contributed by atoms with Crippen molar-refractivity contribution in [3.05, 3.63) is 78.1 Å². The first-order valence-electron chi connectivity index (χ1n) is 12.5. The zero-order chi connectivity index (χ0) is 29.9. The maximum atomic E-state index is 13.0. The minimum Gasteiger partial charge on any atom is -0.481 e. The maximum absolute atomic E-state index is 13.0. The second kappa shape index (κ2) is 11.8. The van der Waals surface area contributed by atoms with E-state index in [2.05, 4.69) is 10.0 Å². The van der Waals surface area contributed by atoms with Crippen LogP contribution in [0.15, 0.2) is 76.0 Å². The quantitative estimate of drug-likeness (QED) is 0.199. The fraction of sp³-hybridized carbons (Fsp3) is 0.207. The molecule has 0 fully saturated rings. The standard InChI is InChI=1S/C29H28N2O9S/c1-16(2)26(29(35)36)31-41(37,38)21-13-9-19(10-14-21)18-7-11-20(12-8-18)30-28(34)27-17(3)25-22(39-15-24(32)33)5-4-6-23(25)40-27/h4-14,16,26,31H,15H2,1-3H3,(H,30,34)(H,32,33)(H,35,36)/t26-/m0/s1. The molecule has 1 aromatic heterocycles. The van der Waals surface area contributed by atoms with Gasteiger partial charge in [-0.05, 0) is 60.4 Å². The van der Waals surface area contributed by atoms with Crippen LogP contribution < -0.4 is 14.8 Å². The molecule has 4 N–H and O–H groups in total. The van der Waals surface area contributed by atoms with Crippen LogP contribution in [0.1, 0.15) is 30.0 Å². The first kappa shape index (κ1) is 29.3. The van der Waals surface area contributed by atoms with Crippen molar-refractivity contribution in [2.75, 3.05) is 11.9 Å². The van der Waals surface area contributed by atoms with E-state index in [-0.39, 0.29) is 10.7 Å². The Labute approximate surface area is 235 Å². The largest absolute Gasteiger partial charge is 0.481 e. The molecule has 12 heteroatoms. The number of furan rings is 1. The van der Waals surface area contributed by atoms with Crippen LogP contribution in [0.25, 0.3) is 22.1 Å². The number of sulfonamides is 1. The predicted octanol–water partition coefficient (Wildman–Crippen LogP) is 4.51. The van der Waals surface area contributed by atoms with Gasteiger partial charge in [-0.1, -0.05) is 44.2 Å². The van der Waals surface area contributed by atoms with E-state index in [9.17, 15) is 27.9 Å². The van der Waals surface area contributed by atoms with Crippen LogP contribution in [0.4, 0.5) is 5.69 Å². The third-order valence-electron chi connectivity index (χ3n) is 6.33. The molecule has 1 atom stereocenters. The van der Waals surface area contributed by atoms with E-state index in [1.807, 2.05) is 0 Å². The number of carbonyl (C=O) groups excluding carboxylic acids is 1. The Balaban J connectivity index is 1.48. The normalized spacial score (nSPS) is 12.3. The Kier molecular flexibility index (Phi) is 8.45. The second-order valence-corrected chi connectivity index (χ2v) is 11.3. The number of carbonyl (C=O) groups is 3. The number of anilines is 1. The molecular formula is C29H28N2O9S. The van der Waals surface area contributed by atoms with Crippen LogP contribution in [-0.2, 0) is 19.6 Å². The van der Waals surface area contributed by atoms with Crippen LogP contribution in [0.3, 0.4) is 0 Å². The highest BCUT2D eigenvalue weighted by atomic mass is 32.2. The van der Waals surface area contributed by atoms with Crippen molar-refractivity contribution < 1.29 is 42.2 Å². The number of aryl methyl sites for hydroxylation is 1. The van der Waals surface area contributed by atoms with Gasteiger partial charge in [0.05, 0.1) is 10.3 Å². The molecule has 0 spiro atoms. The molecule has 1 heterocycles. The number of carboxylic acids is 2. The summed E-state index contributed by atoms with van der Waals surface area (Å²) in [6, 6.07) is 16.5. The van der Waals surface area contributed by atoms with Gasteiger partial charge in [0.25, 0.3) is 5.91 Å². The number of aliphatic carboxylic acids is 2. The third kappa shape index (κ3) is 6.56. The summed E-state index contributed by atoms with van der Waals surface area (Å²) in [4.78, 5) is 35.2. The highest BCUT2D eigenvalue weighted by Gasteiger charge is 2.28. The van der Waals surface area contributed by atoms with Crippen LogP contribution >= 0.6 is 0 Å². The lowest BCUT2D eigenvalue weighted by Crippen LogP contribution is -2.44. The Hall–Kier alpha value is -4.68. The summed E-state index contributed by atoms with van der Waals surface area (Å²) in [6.07, 6.45) is 0. The number of amides is 1. The molecule has 4 aromatic rings. The molecule has 0 aliphatic rings. The van der Waals surface area contributed by atoms with E-state index in [1.165, 1.54) is 12.1 Å². The average molecular weight is 581 g/mol. The SMILES string of the molecule is Cc1c(C(=O)Nc2ccc(-c3ccc(S(=O)(=O)N[C@H](C(=O)O)C(C)C)cc3)cc2)oc2cccc(OCC(=O)O)c12. The van der Waals surface area contributed by atoms with Crippen molar-refractivity contribution in [2.45, 2.75) is 31.7 Å². The zero-order valence-electron chi connectivity index (χ0n) is 22.4. The van der Waals surface area contributed by atoms with E-state index in [0.29, 0.717) is 33.5 Å². The van der Waals surface area contributed by atoms with Crippen LogP contribution in [0.5, 0.6) is 5.75 Å². The zero-order valence-corrected chi connectivity index (χ0v) is 23.2. The fourth-order valence-electron chi connectivity index (χ4n) is 4.21. The number of rotatable bonds is 11. The van der Waals surface area contributed by atoms with Gasteiger partial charge in [0.2, 0.25) is 10.0 Å². The molecule has 11 nitrogen and oxygen atoms in total. The van der Waals surface area contributed by atoms with Crippen LogP contribution in [-0.4, -0.2) is 49.1 Å². The lowest BCUT2D eigenvalue weighted by molar-refractivity contribution is -0.140. The third-order valence-corrected chi connectivity index (χ3v) is 7.79. The summed E-state index contributed by atoms with van der Waals surface area (Å²) in [5.41, 5.74) is 2.84. The smallest absolute Gasteiger partial charge is 0.341 e. The van der Waals surface area contributed by atoms with E-state index in [1.54, 1.807) is 75.4 Å². The van der Waals surface area contributed by atoms with Gasteiger partial charge in [-0.15, -0.1) is 0 Å². The number of ether oxygens (including phenoxy) is 1. The first-order chi connectivity index (χ1) is 19.4. The van der Waals surface area contributed by atoms with Crippen LogP contribution in [0.2, 0.25) is 0 Å². The minimum atomic E-state index is -4.04. The summed E-state index contributed by atoms with van der Waals surface area (Å²) >= 11 is 0. The highest BCUT2D eigenvalue weighted by molar-refractivity contribution is 7.89. The summed E-state index contributed by atoms with van der Waals surface area (Å²) in [7, 11) is -4.04. The van der Waals surface area contributed by atoms with Gasteiger partial charge >= 0.3 is 11.9 Å². The molecule has 0 bridgehead atoms. The summed E-state index contributed by atoms with van der Waals surface area (Å²) < 4.78 is 38.6. The molecule has 0 saturated heterocycles. The molecule has 0 aliphatic carbocycles. The van der Waals surface area contributed by atoms with Gasteiger partial charge in [0.15, 0.2) is 12.4 Å². The molecule has 214 valence electrons. The number of hydrogen-bond acceptors (Lipinski definition) is 7. The van der Waals surface area contributed by atoms with Crippen molar-refractivity contribution in [1.82, 2.24) is 4.72 Å². The van der Waals surface area contributed by atoms with E-state index < -0.39 is 46.4 Å². The molecule has 0 radical (unpaired) electrons. The Morgan fingerprint density at radius 2 is 1.54 bits per heavy atom. The van der Waals surface area contributed by atoms with Gasteiger partial charge in [0.1, 0.15) is 17.4 Å². The van der Waals surface area contributed by atoms with E-state index >= 15 is 0 Å². The van der Waals surface area contributed by atoms with Gasteiger partial charge in [-0.2, -0.15) is 4.72 Å². The molecule has 1 amide bonds. The predicted molar refractivity (Wildman–Crippen MR) is 150 cm³/mol. The van der Waals surface area contributed by atoms with Crippen molar-refractivity contribution in [1.29, 1.82) is 0 Å². The number of fused-ring (bicyclic) bond motifs is 1. The number of hydrogen-bond donors (Lipinski definition) is 4. The lowest BCUT2D eigenvalue weighted by atomic mass is 10.1. The molecule has 4 rings (SSSR count). The van der Waals surface area contributed by atoms with E-state index in [0.717, 1.165) is 5.56 Å². The van der Waals surface area contributed by atoms with Crippen molar-refractivity contribution in [3.8, 4) is 16.9 Å². The summed E-state index contributed by atoms with van der Waals surface area (Å²) in [5, 5.41) is 21.5. The molecule has 0 unspecified atom stereocenters. The van der Waals surface area contributed by atoms with Crippen molar-refractivity contribution in [3.63, 3.8) is 0 Å². The van der Waals surface area contributed by atoms with E-state index in [4.69, 9.17) is 14.3 Å². The molecule has 0 aliphatic heterocycles.